The molecule has 112 valence electrons. The fraction of sp³-hybridized carbons (Fsp3) is 0.176. The lowest BCUT2D eigenvalue weighted by molar-refractivity contribution is 0.0697. The SMILES string of the molecule is CCc1cc(SC)cc2c(=O)c3cc(C(=O)O)ccc3oc12. The van der Waals surface area contributed by atoms with Gasteiger partial charge >= 0.3 is 5.97 Å². The van der Waals surface area contributed by atoms with Gasteiger partial charge in [0.2, 0.25) is 5.43 Å². The van der Waals surface area contributed by atoms with Gasteiger partial charge in [0, 0.05) is 4.90 Å². The molecule has 0 atom stereocenters. The summed E-state index contributed by atoms with van der Waals surface area (Å²) in [5.41, 5.74) is 1.86. The zero-order chi connectivity index (χ0) is 15.9. The van der Waals surface area contributed by atoms with Crippen LogP contribution in [0.1, 0.15) is 22.8 Å². The molecule has 0 saturated carbocycles. The molecule has 1 heterocycles. The number of aromatic carboxylic acids is 1. The minimum Gasteiger partial charge on any atom is -0.478 e. The molecule has 0 aliphatic carbocycles. The van der Waals surface area contributed by atoms with Gasteiger partial charge in [-0.25, -0.2) is 4.79 Å². The Labute approximate surface area is 130 Å². The van der Waals surface area contributed by atoms with Crippen molar-refractivity contribution in [1.82, 2.24) is 0 Å². The predicted octanol–water partition coefficient (Wildman–Crippen LogP) is 3.93. The lowest BCUT2D eigenvalue weighted by Gasteiger charge is -2.08. The maximum absolute atomic E-state index is 12.7. The summed E-state index contributed by atoms with van der Waals surface area (Å²) in [5.74, 6) is -1.06. The van der Waals surface area contributed by atoms with E-state index in [0.717, 1.165) is 16.9 Å². The van der Waals surface area contributed by atoms with E-state index in [1.807, 2.05) is 19.2 Å². The number of carboxylic acid groups (broad SMARTS) is 1. The molecule has 1 aromatic heterocycles. The molecule has 2 aromatic carbocycles. The largest absolute Gasteiger partial charge is 0.478 e. The number of fused-ring (bicyclic) bond motifs is 2. The molecular formula is C17H14O4S. The van der Waals surface area contributed by atoms with E-state index in [9.17, 15) is 9.59 Å². The van der Waals surface area contributed by atoms with Crippen molar-refractivity contribution in [2.45, 2.75) is 18.2 Å². The quantitative estimate of drug-likeness (QED) is 0.586. The number of carboxylic acids is 1. The maximum atomic E-state index is 12.7. The third-order valence-corrected chi connectivity index (χ3v) is 4.39. The van der Waals surface area contributed by atoms with Crippen molar-refractivity contribution in [2.75, 3.05) is 6.26 Å². The van der Waals surface area contributed by atoms with E-state index >= 15 is 0 Å². The van der Waals surface area contributed by atoms with Gasteiger partial charge in [0.15, 0.2) is 0 Å². The summed E-state index contributed by atoms with van der Waals surface area (Å²) >= 11 is 1.56. The first-order valence-corrected chi connectivity index (χ1v) is 8.08. The van der Waals surface area contributed by atoms with Gasteiger partial charge in [-0.05, 0) is 48.6 Å². The second-order valence-corrected chi connectivity index (χ2v) is 5.84. The van der Waals surface area contributed by atoms with Crippen LogP contribution in [-0.4, -0.2) is 17.3 Å². The van der Waals surface area contributed by atoms with Crippen molar-refractivity contribution in [3.05, 3.63) is 51.7 Å². The molecule has 0 aliphatic rings. The minimum absolute atomic E-state index is 0.0795. The monoisotopic (exact) mass is 314 g/mol. The molecule has 1 N–H and O–H groups in total. The molecule has 0 bridgehead atoms. The summed E-state index contributed by atoms with van der Waals surface area (Å²) in [6.07, 6.45) is 2.71. The fourth-order valence-corrected chi connectivity index (χ4v) is 3.01. The second kappa shape index (κ2) is 5.50. The van der Waals surface area contributed by atoms with Gasteiger partial charge in [0.05, 0.1) is 16.3 Å². The van der Waals surface area contributed by atoms with Crippen molar-refractivity contribution in [2.24, 2.45) is 0 Å². The van der Waals surface area contributed by atoms with Crippen molar-refractivity contribution < 1.29 is 14.3 Å². The van der Waals surface area contributed by atoms with Crippen LogP contribution in [0, 0.1) is 0 Å². The first-order chi connectivity index (χ1) is 10.5. The highest BCUT2D eigenvalue weighted by molar-refractivity contribution is 7.98. The highest BCUT2D eigenvalue weighted by Gasteiger charge is 2.14. The smallest absolute Gasteiger partial charge is 0.335 e. The normalized spacial score (nSPS) is 11.2. The molecule has 0 saturated heterocycles. The van der Waals surface area contributed by atoms with Gasteiger partial charge in [-0.3, -0.25) is 4.79 Å². The van der Waals surface area contributed by atoms with Crippen LogP contribution in [0.2, 0.25) is 0 Å². The summed E-state index contributed by atoms with van der Waals surface area (Å²) < 4.78 is 5.88. The molecule has 0 spiro atoms. The van der Waals surface area contributed by atoms with Crippen molar-refractivity contribution in [3.63, 3.8) is 0 Å². The zero-order valence-corrected chi connectivity index (χ0v) is 13.0. The Bertz CT molecular complexity index is 956. The lowest BCUT2D eigenvalue weighted by atomic mass is 10.1. The van der Waals surface area contributed by atoms with Gasteiger partial charge in [-0.1, -0.05) is 6.92 Å². The summed E-state index contributed by atoms with van der Waals surface area (Å²) in [6, 6.07) is 8.19. The number of hydrogen-bond acceptors (Lipinski definition) is 4. The molecule has 0 radical (unpaired) electrons. The van der Waals surface area contributed by atoms with Crippen LogP contribution in [0.4, 0.5) is 0 Å². The minimum atomic E-state index is -1.06. The highest BCUT2D eigenvalue weighted by atomic mass is 32.2. The van der Waals surface area contributed by atoms with Crippen LogP contribution in [-0.2, 0) is 6.42 Å². The van der Waals surface area contributed by atoms with E-state index in [1.54, 1.807) is 23.9 Å². The molecule has 3 aromatic rings. The van der Waals surface area contributed by atoms with Gasteiger partial charge in [-0.15, -0.1) is 11.8 Å². The zero-order valence-electron chi connectivity index (χ0n) is 12.2. The topological polar surface area (TPSA) is 67.5 Å². The van der Waals surface area contributed by atoms with E-state index in [-0.39, 0.29) is 11.0 Å². The Kier molecular flexibility index (Phi) is 3.66. The van der Waals surface area contributed by atoms with Crippen molar-refractivity contribution in [1.29, 1.82) is 0 Å². The van der Waals surface area contributed by atoms with E-state index in [0.29, 0.717) is 21.9 Å². The van der Waals surface area contributed by atoms with E-state index in [4.69, 9.17) is 9.52 Å². The summed E-state index contributed by atoms with van der Waals surface area (Å²) in [6.45, 7) is 2.01. The molecule has 0 aliphatic heterocycles. The van der Waals surface area contributed by atoms with Crippen LogP contribution in [0.5, 0.6) is 0 Å². The number of benzene rings is 2. The second-order valence-electron chi connectivity index (χ2n) is 4.96. The van der Waals surface area contributed by atoms with E-state index in [2.05, 4.69) is 0 Å². The van der Waals surface area contributed by atoms with Crippen LogP contribution in [0.25, 0.3) is 21.9 Å². The molecule has 0 fully saturated rings. The first kappa shape index (κ1) is 14.7. The van der Waals surface area contributed by atoms with Gasteiger partial charge in [0.25, 0.3) is 0 Å². The average Bonchev–Trinajstić information content (AvgIpc) is 2.54. The number of thioether (sulfide) groups is 1. The first-order valence-electron chi connectivity index (χ1n) is 6.86. The third-order valence-electron chi connectivity index (χ3n) is 3.68. The Morgan fingerprint density at radius 3 is 2.64 bits per heavy atom. The Hall–Kier alpha value is -2.27. The molecule has 0 unspecified atom stereocenters. The number of hydrogen-bond donors (Lipinski definition) is 1. The van der Waals surface area contributed by atoms with Gasteiger partial charge < -0.3 is 9.52 Å². The molecule has 0 amide bonds. The van der Waals surface area contributed by atoms with Crippen molar-refractivity contribution >= 4 is 39.7 Å². The van der Waals surface area contributed by atoms with E-state index < -0.39 is 5.97 Å². The fourth-order valence-electron chi connectivity index (χ4n) is 2.51. The highest BCUT2D eigenvalue weighted by Crippen LogP contribution is 2.27. The number of aryl methyl sites for hydroxylation is 1. The molecular weight excluding hydrogens is 300 g/mol. The van der Waals surface area contributed by atoms with Gasteiger partial charge in [-0.2, -0.15) is 0 Å². The summed E-state index contributed by atoms with van der Waals surface area (Å²) in [4.78, 5) is 24.8. The molecule has 22 heavy (non-hydrogen) atoms. The standard InChI is InChI=1S/C17H14O4S/c1-3-9-6-11(22-2)8-13-15(18)12-7-10(17(19)20)4-5-14(12)21-16(9)13/h4-8H,3H2,1-2H3,(H,19,20). The third kappa shape index (κ3) is 2.27. The van der Waals surface area contributed by atoms with E-state index in [1.165, 1.54) is 12.1 Å². The molecule has 4 nitrogen and oxygen atoms in total. The summed E-state index contributed by atoms with van der Waals surface area (Å²) in [7, 11) is 0. The Morgan fingerprint density at radius 2 is 2.00 bits per heavy atom. The van der Waals surface area contributed by atoms with Crippen molar-refractivity contribution in [3.8, 4) is 0 Å². The van der Waals surface area contributed by atoms with Gasteiger partial charge in [0.1, 0.15) is 11.2 Å². The Balaban J connectivity index is 2.46. The maximum Gasteiger partial charge on any atom is 0.335 e. The van der Waals surface area contributed by atoms with Crippen LogP contribution < -0.4 is 5.43 Å². The molecule has 3 rings (SSSR count). The lowest BCUT2D eigenvalue weighted by Crippen LogP contribution is -2.06. The Morgan fingerprint density at radius 1 is 1.23 bits per heavy atom. The summed E-state index contributed by atoms with van der Waals surface area (Å²) in [5, 5.41) is 9.87. The average molecular weight is 314 g/mol. The van der Waals surface area contributed by atoms with Crippen LogP contribution in [0.15, 0.2) is 44.4 Å². The predicted molar refractivity (Wildman–Crippen MR) is 88.1 cm³/mol. The van der Waals surface area contributed by atoms with Crippen LogP contribution >= 0.6 is 11.8 Å². The number of rotatable bonds is 3. The van der Waals surface area contributed by atoms with Crippen LogP contribution in [0.3, 0.4) is 0 Å². The number of carbonyl (C=O) groups is 1. The molecule has 5 heteroatoms.